The highest BCUT2D eigenvalue weighted by atomic mass is 35.5. The molecule has 1 saturated heterocycles. The minimum atomic E-state index is 0.634. The third-order valence-electron chi connectivity index (χ3n) is 2.90. The minimum Gasteiger partial charge on any atom is -0.299 e. The van der Waals surface area contributed by atoms with Gasteiger partial charge < -0.3 is 0 Å². The Morgan fingerprint density at radius 3 is 2.73 bits per heavy atom. The maximum atomic E-state index is 5.98. The van der Waals surface area contributed by atoms with Gasteiger partial charge in [0.2, 0.25) is 0 Å². The molecule has 1 aliphatic rings. The summed E-state index contributed by atoms with van der Waals surface area (Å²) < 4.78 is 0. The van der Waals surface area contributed by atoms with Crippen molar-refractivity contribution in [2.75, 3.05) is 13.1 Å². The van der Waals surface area contributed by atoms with Crippen LogP contribution >= 0.6 is 23.2 Å². The fraction of sp³-hybridized carbons (Fsp3) is 0.500. The van der Waals surface area contributed by atoms with Gasteiger partial charge >= 0.3 is 0 Å². The highest BCUT2D eigenvalue weighted by molar-refractivity contribution is 6.42. The topological polar surface area (TPSA) is 3.24 Å². The Morgan fingerprint density at radius 2 is 2.13 bits per heavy atom. The van der Waals surface area contributed by atoms with Crippen LogP contribution in [0.2, 0.25) is 10.0 Å². The Balaban J connectivity index is 2.02. The lowest BCUT2D eigenvalue weighted by Gasteiger charge is -2.15. The molecule has 0 bridgehead atoms. The summed E-state index contributed by atoms with van der Waals surface area (Å²) in [5, 5.41) is 1.29. The van der Waals surface area contributed by atoms with Crippen LogP contribution in [0.1, 0.15) is 18.9 Å². The van der Waals surface area contributed by atoms with Crippen LogP contribution in [-0.4, -0.2) is 18.0 Å². The molecule has 1 aromatic rings. The molecule has 15 heavy (non-hydrogen) atoms. The van der Waals surface area contributed by atoms with E-state index < -0.39 is 0 Å². The average molecular weight is 244 g/mol. The van der Waals surface area contributed by atoms with Gasteiger partial charge in [-0.3, -0.25) is 4.90 Å². The zero-order valence-corrected chi connectivity index (χ0v) is 10.4. The van der Waals surface area contributed by atoms with Crippen LogP contribution in [0.3, 0.4) is 0 Å². The van der Waals surface area contributed by atoms with Crippen LogP contribution in [-0.2, 0) is 6.54 Å². The monoisotopic (exact) mass is 243 g/mol. The molecule has 0 aliphatic carbocycles. The Labute approximate surface area is 101 Å². The van der Waals surface area contributed by atoms with Crippen LogP contribution < -0.4 is 0 Å². The van der Waals surface area contributed by atoms with E-state index in [1.807, 2.05) is 12.1 Å². The predicted molar refractivity (Wildman–Crippen MR) is 65.5 cm³/mol. The number of hydrogen-bond acceptors (Lipinski definition) is 1. The Bertz CT molecular complexity index is 351. The average Bonchev–Trinajstić information content (AvgIpc) is 2.58. The highest BCUT2D eigenvalue weighted by Gasteiger charge is 2.18. The standard InChI is InChI=1S/C12H15Cl2N/c1-9-4-5-15(7-9)8-10-2-3-11(13)12(14)6-10/h2-3,6,9H,4-5,7-8H2,1H3. The molecule has 0 N–H and O–H groups in total. The smallest absolute Gasteiger partial charge is 0.0595 e. The highest BCUT2D eigenvalue weighted by Crippen LogP contribution is 2.24. The molecule has 1 aromatic carbocycles. The summed E-state index contributed by atoms with van der Waals surface area (Å²) in [6.07, 6.45) is 1.31. The van der Waals surface area contributed by atoms with Gasteiger partial charge in [0.05, 0.1) is 10.0 Å². The molecule has 0 aromatic heterocycles. The lowest BCUT2D eigenvalue weighted by molar-refractivity contribution is 0.320. The predicted octanol–water partition coefficient (Wildman–Crippen LogP) is 3.84. The maximum absolute atomic E-state index is 5.98. The van der Waals surface area contributed by atoms with E-state index in [4.69, 9.17) is 23.2 Å². The van der Waals surface area contributed by atoms with E-state index in [0.717, 1.165) is 12.5 Å². The SMILES string of the molecule is CC1CCN(Cc2ccc(Cl)c(Cl)c2)C1. The lowest BCUT2D eigenvalue weighted by atomic mass is 10.2. The zero-order valence-electron chi connectivity index (χ0n) is 8.84. The number of benzene rings is 1. The maximum Gasteiger partial charge on any atom is 0.0595 e. The summed E-state index contributed by atoms with van der Waals surface area (Å²) in [6, 6.07) is 5.89. The second kappa shape index (κ2) is 4.73. The Morgan fingerprint density at radius 1 is 1.33 bits per heavy atom. The van der Waals surface area contributed by atoms with Crippen LogP contribution in [0, 0.1) is 5.92 Å². The van der Waals surface area contributed by atoms with E-state index in [9.17, 15) is 0 Å². The second-order valence-corrected chi connectivity index (χ2v) is 5.19. The molecule has 0 saturated carbocycles. The van der Waals surface area contributed by atoms with Crippen molar-refractivity contribution in [3.8, 4) is 0 Å². The van der Waals surface area contributed by atoms with Crippen molar-refractivity contribution < 1.29 is 0 Å². The first-order valence-corrected chi connectivity index (χ1v) is 6.07. The summed E-state index contributed by atoms with van der Waals surface area (Å²) in [4.78, 5) is 2.46. The van der Waals surface area contributed by atoms with Gasteiger partial charge in [0.25, 0.3) is 0 Å². The molecule has 2 rings (SSSR count). The number of hydrogen-bond donors (Lipinski definition) is 0. The van der Waals surface area contributed by atoms with Crippen LogP contribution in [0.4, 0.5) is 0 Å². The lowest BCUT2D eigenvalue weighted by Crippen LogP contribution is -2.19. The van der Waals surface area contributed by atoms with E-state index in [0.29, 0.717) is 10.0 Å². The number of halogens is 2. The van der Waals surface area contributed by atoms with Gasteiger partial charge in [-0.15, -0.1) is 0 Å². The molecule has 1 atom stereocenters. The summed E-state index contributed by atoms with van der Waals surface area (Å²) >= 11 is 11.9. The molecule has 0 amide bonds. The summed E-state index contributed by atoms with van der Waals surface area (Å²) in [5.74, 6) is 0.827. The van der Waals surface area contributed by atoms with Crippen molar-refractivity contribution in [3.05, 3.63) is 33.8 Å². The van der Waals surface area contributed by atoms with Crippen molar-refractivity contribution in [3.63, 3.8) is 0 Å². The van der Waals surface area contributed by atoms with E-state index in [1.165, 1.54) is 25.1 Å². The molecule has 1 heterocycles. The first-order chi connectivity index (χ1) is 7.15. The third-order valence-corrected chi connectivity index (χ3v) is 3.64. The largest absolute Gasteiger partial charge is 0.299 e. The minimum absolute atomic E-state index is 0.634. The van der Waals surface area contributed by atoms with E-state index in [1.54, 1.807) is 0 Å². The van der Waals surface area contributed by atoms with Crippen molar-refractivity contribution in [1.82, 2.24) is 4.90 Å². The molecular weight excluding hydrogens is 229 g/mol. The van der Waals surface area contributed by atoms with Crippen molar-refractivity contribution in [1.29, 1.82) is 0 Å². The van der Waals surface area contributed by atoms with Crippen molar-refractivity contribution >= 4 is 23.2 Å². The number of nitrogens with zero attached hydrogens (tertiary/aromatic N) is 1. The molecule has 1 unspecified atom stereocenters. The molecule has 0 radical (unpaired) electrons. The molecular formula is C12H15Cl2N. The van der Waals surface area contributed by atoms with Gasteiger partial charge in [0.1, 0.15) is 0 Å². The first-order valence-electron chi connectivity index (χ1n) is 5.31. The summed E-state index contributed by atoms with van der Waals surface area (Å²) in [7, 11) is 0. The van der Waals surface area contributed by atoms with Crippen LogP contribution in [0.5, 0.6) is 0 Å². The fourth-order valence-corrected chi connectivity index (χ4v) is 2.39. The molecule has 1 nitrogen and oxygen atoms in total. The van der Waals surface area contributed by atoms with Crippen molar-refractivity contribution in [2.45, 2.75) is 19.9 Å². The zero-order chi connectivity index (χ0) is 10.8. The summed E-state index contributed by atoms with van der Waals surface area (Å²) in [5.41, 5.74) is 1.25. The van der Waals surface area contributed by atoms with Crippen LogP contribution in [0.25, 0.3) is 0 Å². The van der Waals surface area contributed by atoms with Gasteiger partial charge in [-0.25, -0.2) is 0 Å². The van der Waals surface area contributed by atoms with Crippen molar-refractivity contribution in [2.24, 2.45) is 5.92 Å². The van der Waals surface area contributed by atoms with Gasteiger partial charge in [0, 0.05) is 13.1 Å². The van der Waals surface area contributed by atoms with Gasteiger partial charge in [-0.1, -0.05) is 36.2 Å². The molecule has 3 heteroatoms. The number of rotatable bonds is 2. The second-order valence-electron chi connectivity index (χ2n) is 4.38. The Hall–Kier alpha value is -0.240. The fourth-order valence-electron chi connectivity index (χ4n) is 2.07. The van der Waals surface area contributed by atoms with Crippen LogP contribution in [0.15, 0.2) is 18.2 Å². The van der Waals surface area contributed by atoms with Gasteiger partial charge in [-0.2, -0.15) is 0 Å². The summed E-state index contributed by atoms with van der Waals surface area (Å²) in [6.45, 7) is 5.68. The normalized spacial score (nSPS) is 22.2. The van der Waals surface area contributed by atoms with Gasteiger partial charge in [-0.05, 0) is 36.6 Å². The number of likely N-dealkylation sites (tertiary alicyclic amines) is 1. The molecule has 1 fully saturated rings. The van der Waals surface area contributed by atoms with Gasteiger partial charge in [0.15, 0.2) is 0 Å². The molecule has 82 valence electrons. The quantitative estimate of drug-likeness (QED) is 0.764. The molecule has 0 spiro atoms. The van der Waals surface area contributed by atoms with E-state index >= 15 is 0 Å². The Kier molecular flexibility index (Phi) is 3.55. The molecule has 1 aliphatic heterocycles. The van der Waals surface area contributed by atoms with E-state index in [-0.39, 0.29) is 0 Å². The third kappa shape index (κ3) is 2.87. The van der Waals surface area contributed by atoms with E-state index in [2.05, 4.69) is 17.9 Å². The first kappa shape index (κ1) is 11.3.